The first-order chi connectivity index (χ1) is 17.0. The van der Waals surface area contributed by atoms with Gasteiger partial charge in [0.2, 0.25) is 0 Å². The summed E-state index contributed by atoms with van der Waals surface area (Å²) in [4.78, 5) is 13.2. The van der Waals surface area contributed by atoms with Gasteiger partial charge in [0, 0.05) is 23.7 Å². The highest BCUT2D eigenvalue weighted by atomic mass is 28.4. The maximum absolute atomic E-state index is 13.2. The van der Waals surface area contributed by atoms with E-state index >= 15 is 0 Å². The lowest BCUT2D eigenvalue weighted by Gasteiger charge is -2.46. The minimum atomic E-state index is -2.01. The van der Waals surface area contributed by atoms with E-state index in [0.29, 0.717) is 12.8 Å². The molecular weight excluding hydrogens is 480 g/mol. The molecule has 0 spiro atoms. The van der Waals surface area contributed by atoms with Gasteiger partial charge in [-0.15, -0.1) is 23.7 Å². The van der Waals surface area contributed by atoms with Gasteiger partial charge in [-0.25, -0.2) is 0 Å². The Bertz CT molecular complexity index is 879. The molecule has 1 N–H and O–H groups in total. The third-order valence-electron chi connectivity index (χ3n) is 8.19. The zero-order chi connectivity index (χ0) is 28.6. The molecule has 0 saturated carbocycles. The van der Waals surface area contributed by atoms with E-state index in [4.69, 9.17) is 13.9 Å². The fourth-order valence-electron chi connectivity index (χ4n) is 4.42. The molecule has 37 heavy (non-hydrogen) atoms. The maximum atomic E-state index is 13.2. The van der Waals surface area contributed by atoms with Crippen LogP contribution in [0, 0.1) is 40.9 Å². The quantitative estimate of drug-likeness (QED) is 0.142. The van der Waals surface area contributed by atoms with Crippen molar-refractivity contribution in [2.75, 3.05) is 0 Å². The van der Waals surface area contributed by atoms with E-state index in [1.54, 1.807) is 13.0 Å². The Labute approximate surface area is 228 Å². The number of carbonyl (C=O) groups excluding carboxylic acids is 1. The third kappa shape index (κ3) is 9.59. The van der Waals surface area contributed by atoms with Crippen LogP contribution in [-0.4, -0.2) is 49.9 Å². The van der Waals surface area contributed by atoms with Crippen LogP contribution >= 0.6 is 0 Å². The van der Waals surface area contributed by atoms with Gasteiger partial charge in [0.1, 0.15) is 6.10 Å². The van der Waals surface area contributed by atoms with E-state index in [-0.39, 0.29) is 47.6 Å². The molecule has 1 aliphatic rings. The maximum Gasteiger partial charge on any atom is 0.309 e. The van der Waals surface area contributed by atoms with Gasteiger partial charge in [-0.2, -0.15) is 0 Å². The topological polar surface area (TPSA) is 65.0 Å². The standard InChI is InChI=1S/C31H52O5Si/c1-13-16-18-24-20-26(36-37(11,12)30(6,7)8)23(5)25(34-24)21-29(33)35-28(15-3)31(9,10)27(32)19-22(4)17-14-2/h15,22-28,32H,3,18-21H2,1-2,4-12H3/t22-,23-,24+,25-,26-,27+,28+/m0/s1. The van der Waals surface area contributed by atoms with Gasteiger partial charge < -0.3 is 19.0 Å². The van der Waals surface area contributed by atoms with E-state index in [1.165, 1.54) is 0 Å². The van der Waals surface area contributed by atoms with Crippen molar-refractivity contribution in [3.05, 3.63) is 12.7 Å². The largest absolute Gasteiger partial charge is 0.457 e. The molecule has 1 saturated heterocycles. The lowest BCUT2D eigenvalue weighted by Crippen LogP contribution is -2.52. The highest BCUT2D eigenvalue weighted by Gasteiger charge is 2.45. The van der Waals surface area contributed by atoms with E-state index in [0.717, 1.165) is 6.42 Å². The van der Waals surface area contributed by atoms with E-state index < -0.39 is 25.9 Å². The van der Waals surface area contributed by atoms with Crippen molar-refractivity contribution in [1.82, 2.24) is 0 Å². The highest BCUT2D eigenvalue weighted by molar-refractivity contribution is 6.74. The molecule has 6 heteroatoms. The van der Waals surface area contributed by atoms with Crippen LogP contribution in [0.15, 0.2) is 12.7 Å². The average Bonchev–Trinajstić information content (AvgIpc) is 2.77. The van der Waals surface area contributed by atoms with Crippen molar-refractivity contribution in [3.63, 3.8) is 0 Å². The van der Waals surface area contributed by atoms with Crippen LogP contribution in [0.1, 0.15) is 88.0 Å². The molecule has 1 fully saturated rings. The van der Waals surface area contributed by atoms with Gasteiger partial charge in [0.25, 0.3) is 0 Å². The summed E-state index contributed by atoms with van der Waals surface area (Å²) in [5.41, 5.74) is -0.715. The highest BCUT2D eigenvalue weighted by Crippen LogP contribution is 2.41. The number of ether oxygens (including phenoxy) is 2. The van der Waals surface area contributed by atoms with Crippen molar-refractivity contribution in [1.29, 1.82) is 0 Å². The van der Waals surface area contributed by atoms with Crippen molar-refractivity contribution in [2.24, 2.45) is 17.3 Å². The van der Waals surface area contributed by atoms with Crippen LogP contribution in [0.2, 0.25) is 18.1 Å². The van der Waals surface area contributed by atoms with Crippen LogP contribution in [0.4, 0.5) is 0 Å². The first-order valence-electron chi connectivity index (χ1n) is 13.6. The molecule has 0 aromatic rings. The van der Waals surface area contributed by atoms with Crippen LogP contribution in [0.25, 0.3) is 0 Å². The molecular formula is C31H52O5Si. The summed E-state index contributed by atoms with van der Waals surface area (Å²) in [5, 5.41) is 11.0. The van der Waals surface area contributed by atoms with Crippen LogP contribution in [0.3, 0.4) is 0 Å². The number of carbonyl (C=O) groups is 1. The summed E-state index contributed by atoms with van der Waals surface area (Å²) in [6.45, 7) is 26.6. The number of aliphatic hydroxyl groups is 1. The smallest absolute Gasteiger partial charge is 0.309 e. The van der Waals surface area contributed by atoms with Gasteiger partial charge in [-0.05, 0) is 44.8 Å². The van der Waals surface area contributed by atoms with E-state index in [2.05, 4.69) is 71.0 Å². The van der Waals surface area contributed by atoms with Crippen molar-refractivity contribution in [2.45, 2.75) is 137 Å². The lowest BCUT2D eigenvalue weighted by molar-refractivity contribution is -0.169. The Kier molecular flexibility index (Phi) is 12.7. The summed E-state index contributed by atoms with van der Waals surface area (Å²) in [5.74, 6) is 11.8. The van der Waals surface area contributed by atoms with Crippen LogP contribution in [0.5, 0.6) is 0 Å². The van der Waals surface area contributed by atoms with Crippen LogP contribution in [-0.2, 0) is 18.7 Å². The minimum absolute atomic E-state index is 0.00859. The summed E-state index contributed by atoms with van der Waals surface area (Å²) in [6, 6.07) is 0. The van der Waals surface area contributed by atoms with Gasteiger partial charge in [0.15, 0.2) is 8.32 Å². The van der Waals surface area contributed by atoms with Gasteiger partial charge >= 0.3 is 5.97 Å². The second kappa shape index (κ2) is 14.0. The molecule has 1 aliphatic heterocycles. The number of esters is 1. The number of aliphatic hydroxyl groups excluding tert-OH is 1. The van der Waals surface area contributed by atoms with Crippen molar-refractivity contribution in [3.8, 4) is 23.7 Å². The molecule has 0 aliphatic carbocycles. The number of hydrogen-bond acceptors (Lipinski definition) is 5. The first-order valence-corrected chi connectivity index (χ1v) is 16.6. The normalized spacial score (nSPS) is 25.0. The zero-order valence-electron chi connectivity index (χ0n) is 25.2. The second-order valence-corrected chi connectivity index (χ2v) is 17.4. The van der Waals surface area contributed by atoms with Crippen molar-refractivity contribution < 1.29 is 23.8 Å². The predicted molar refractivity (Wildman–Crippen MR) is 154 cm³/mol. The molecule has 5 nitrogen and oxygen atoms in total. The van der Waals surface area contributed by atoms with Gasteiger partial charge in [-0.3, -0.25) is 4.79 Å². The fraction of sp³-hybridized carbons (Fsp3) is 0.774. The molecule has 210 valence electrons. The van der Waals surface area contributed by atoms with Crippen LogP contribution < -0.4 is 0 Å². The molecule has 0 radical (unpaired) electrons. The van der Waals surface area contributed by atoms with Crippen molar-refractivity contribution >= 4 is 14.3 Å². The van der Waals surface area contributed by atoms with E-state index in [9.17, 15) is 9.90 Å². The molecule has 1 rings (SSSR count). The third-order valence-corrected chi connectivity index (χ3v) is 12.7. The molecule has 0 amide bonds. The molecule has 7 atom stereocenters. The zero-order valence-corrected chi connectivity index (χ0v) is 26.2. The van der Waals surface area contributed by atoms with E-state index in [1.807, 2.05) is 27.7 Å². The molecule has 0 bridgehead atoms. The van der Waals surface area contributed by atoms with Gasteiger partial charge in [0.05, 0.1) is 30.8 Å². The monoisotopic (exact) mass is 532 g/mol. The number of rotatable bonds is 11. The summed E-state index contributed by atoms with van der Waals surface area (Å²) in [7, 11) is -2.01. The lowest BCUT2D eigenvalue weighted by atomic mass is 9.77. The Morgan fingerprint density at radius 1 is 1.22 bits per heavy atom. The predicted octanol–water partition coefficient (Wildman–Crippen LogP) is 6.51. The van der Waals surface area contributed by atoms with Gasteiger partial charge in [-0.1, -0.05) is 61.1 Å². The molecule has 1 heterocycles. The second-order valence-electron chi connectivity index (χ2n) is 12.7. The Morgan fingerprint density at radius 3 is 2.35 bits per heavy atom. The Morgan fingerprint density at radius 2 is 1.84 bits per heavy atom. The summed E-state index contributed by atoms with van der Waals surface area (Å²) >= 11 is 0. The SMILES string of the molecule is C=C[C@@H](OC(=O)C[C@@H]1O[C@H](CC#CC)C[C@H](O[Si](C)(C)C(C)(C)C)[C@H]1C)C(C)(C)[C@H](O)C[C@@H](C)C#CC. The summed E-state index contributed by atoms with van der Waals surface area (Å²) in [6.07, 6.45) is 1.80. The first kappa shape index (κ1) is 33.5. The summed E-state index contributed by atoms with van der Waals surface area (Å²) < 4.78 is 19.1. The molecule has 0 unspecified atom stereocenters. The number of hydrogen-bond donors (Lipinski definition) is 1. The fourth-order valence-corrected chi connectivity index (χ4v) is 5.84. The minimum Gasteiger partial charge on any atom is -0.457 e. The Hall–Kier alpha value is -1.57. The molecule has 0 aromatic heterocycles. The average molecular weight is 533 g/mol. The molecule has 0 aromatic carbocycles. The Balaban J connectivity index is 3.02.